The van der Waals surface area contributed by atoms with Gasteiger partial charge in [-0.1, -0.05) is 42.8 Å². The monoisotopic (exact) mass is 346 g/mol. The van der Waals surface area contributed by atoms with E-state index in [-0.39, 0.29) is 17.7 Å². The largest absolute Gasteiger partial charge is 0.462 e. The Morgan fingerprint density at radius 2 is 1.42 bits per heavy atom. The van der Waals surface area contributed by atoms with E-state index in [1.54, 1.807) is 36.4 Å². The van der Waals surface area contributed by atoms with Gasteiger partial charge in [0.05, 0.1) is 24.3 Å². The fourth-order valence-electron chi connectivity index (χ4n) is 2.10. The molecule has 5 heteroatoms. The minimum atomic E-state index is -0.534. The number of carbonyl (C=O) groups excluding carboxylic acids is 2. The Balaban J connectivity index is 1.96. The molecule has 0 saturated heterocycles. The highest BCUT2D eigenvalue weighted by atomic mass is 35.5. The van der Waals surface area contributed by atoms with Crippen molar-refractivity contribution in [1.82, 2.24) is 0 Å². The number of hydrogen-bond acceptors (Lipinski definition) is 4. The average molecular weight is 347 g/mol. The molecule has 0 radical (unpaired) electrons. The molecule has 0 atom stereocenters. The van der Waals surface area contributed by atoms with Gasteiger partial charge in [-0.15, -0.1) is 0 Å². The molecule has 0 unspecified atom stereocenters. The minimum Gasteiger partial charge on any atom is -0.462 e. The van der Waals surface area contributed by atoms with Gasteiger partial charge in [0, 0.05) is 11.4 Å². The van der Waals surface area contributed by atoms with Gasteiger partial charge in [0.2, 0.25) is 0 Å². The second-order valence-corrected chi connectivity index (χ2v) is 5.63. The highest BCUT2D eigenvalue weighted by Crippen LogP contribution is 2.13. The Morgan fingerprint density at radius 3 is 1.96 bits per heavy atom. The lowest BCUT2D eigenvalue weighted by Crippen LogP contribution is -2.15. The van der Waals surface area contributed by atoms with Gasteiger partial charge in [0.25, 0.3) is 0 Å². The van der Waals surface area contributed by atoms with E-state index >= 15 is 0 Å². The number of carbonyl (C=O) groups is 2. The van der Waals surface area contributed by atoms with Crippen molar-refractivity contribution in [2.24, 2.45) is 0 Å². The standard InChI is InChI=1S/C19H19ClO4/c1-2-12-23-18(21)16-5-3-4-6-17(16)19(22)24-13-11-14-7-9-15(20)10-8-14/h3-10H,2,11-13H2,1H3. The van der Waals surface area contributed by atoms with Gasteiger partial charge in [0.1, 0.15) is 0 Å². The van der Waals surface area contributed by atoms with Gasteiger partial charge in [0.15, 0.2) is 0 Å². The molecule has 0 heterocycles. The van der Waals surface area contributed by atoms with E-state index in [0.717, 1.165) is 12.0 Å². The maximum absolute atomic E-state index is 12.2. The predicted molar refractivity (Wildman–Crippen MR) is 92.5 cm³/mol. The van der Waals surface area contributed by atoms with Gasteiger partial charge in [-0.05, 0) is 36.2 Å². The van der Waals surface area contributed by atoms with Crippen LogP contribution in [0.15, 0.2) is 48.5 Å². The molecule has 0 aromatic heterocycles. The third-order valence-corrected chi connectivity index (χ3v) is 3.59. The summed E-state index contributed by atoms with van der Waals surface area (Å²) in [6, 6.07) is 13.8. The zero-order chi connectivity index (χ0) is 17.4. The van der Waals surface area contributed by atoms with Gasteiger partial charge in [-0.3, -0.25) is 0 Å². The molecule has 0 N–H and O–H groups in total. The number of rotatable bonds is 7. The van der Waals surface area contributed by atoms with Crippen molar-refractivity contribution in [1.29, 1.82) is 0 Å². The Hall–Kier alpha value is -2.33. The van der Waals surface area contributed by atoms with Crippen molar-refractivity contribution in [2.75, 3.05) is 13.2 Å². The van der Waals surface area contributed by atoms with E-state index in [9.17, 15) is 9.59 Å². The Kier molecular flexibility index (Phi) is 6.82. The Morgan fingerprint density at radius 1 is 0.875 bits per heavy atom. The zero-order valence-corrected chi connectivity index (χ0v) is 14.2. The van der Waals surface area contributed by atoms with Crippen LogP contribution in [0, 0.1) is 0 Å². The maximum Gasteiger partial charge on any atom is 0.339 e. The SMILES string of the molecule is CCCOC(=O)c1ccccc1C(=O)OCCc1ccc(Cl)cc1. The smallest absolute Gasteiger partial charge is 0.339 e. The van der Waals surface area contributed by atoms with E-state index < -0.39 is 11.9 Å². The van der Waals surface area contributed by atoms with E-state index in [1.165, 1.54) is 0 Å². The van der Waals surface area contributed by atoms with Crippen molar-refractivity contribution < 1.29 is 19.1 Å². The van der Waals surface area contributed by atoms with Crippen LogP contribution in [-0.2, 0) is 15.9 Å². The summed E-state index contributed by atoms with van der Waals surface area (Å²) in [5.41, 5.74) is 1.46. The number of halogens is 1. The molecule has 2 aromatic carbocycles. The zero-order valence-electron chi connectivity index (χ0n) is 13.5. The predicted octanol–water partition coefficient (Wildman–Crippen LogP) is 4.31. The molecule has 0 fully saturated rings. The molecule has 0 saturated carbocycles. The van der Waals surface area contributed by atoms with Crippen molar-refractivity contribution in [3.05, 3.63) is 70.2 Å². The molecule has 0 spiro atoms. The quantitative estimate of drug-likeness (QED) is 0.701. The van der Waals surface area contributed by atoms with Crippen LogP contribution in [0.2, 0.25) is 5.02 Å². The summed E-state index contributed by atoms with van der Waals surface area (Å²) in [5.74, 6) is -1.05. The fourth-order valence-corrected chi connectivity index (χ4v) is 2.23. The van der Waals surface area contributed by atoms with E-state index in [1.807, 2.05) is 19.1 Å². The minimum absolute atomic E-state index is 0.217. The van der Waals surface area contributed by atoms with E-state index in [4.69, 9.17) is 21.1 Å². The van der Waals surface area contributed by atoms with Crippen LogP contribution in [0.1, 0.15) is 39.6 Å². The number of benzene rings is 2. The summed E-state index contributed by atoms with van der Waals surface area (Å²) in [4.78, 5) is 24.3. The first-order chi connectivity index (χ1) is 11.6. The highest BCUT2D eigenvalue weighted by Gasteiger charge is 2.18. The lowest BCUT2D eigenvalue weighted by molar-refractivity contribution is 0.0460. The average Bonchev–Trinajstić information content (AvgIpc) is 2.61. The van der Waals surface area contributed by atoms with Crippen molar-refractivity contribution in [3.8, 4) is 0 Å². The molecule has 0 aliphatic carbocycles. The third kappa shape index (κ3) is 5.10. The second kappa shape index (κ2) is 9.08. The van der Waals surface area contributed by atoms with Crippen molar-refractivity contribution in [2.45, 2.75) is 19.8 Å². The summed E-state index contributed by atoms with van der Waals surface area (Å²) in [5, 5.41) is 0.662. The van der Waals surface area contributed by atoms with E-state index in [0.29, 0.717) is 18.1 Å². The van der Waals surface area contributed by atoms with Crippen molar-refractivity contribution in [3.63, 3.8) is 0 Å². The molecule has 2 rings (SSSR count). The van der Waals surface area contributed by atoms with Crippen LogP contribution in [0.4, 0.5) is 0 Å². The molecular weight excluding hydrogens is 328 g/mol. The summed E-state index contributed by atoms with van der Waals surface area (Å²) in [6.07, 6.45) is 1.30. The van der Waals surface area contributed by atoms with Crippen LogP contribution in [-0.4, -0.2) is 25.2 Å². The summed E-state index contributed by atoms with van der Waals surface area (Å²) in [7, 11) is 0. The summed E-state index contributed by atoms with van der Waals surface area (Å²) in [6.45, 7) is 2.45. The lowest BCUT2D eigenvalue weighted by Gasteiger charge is -2.09. The van der Waals surface area contributed by atoms with Crippen LogP contribution in [0.25, 0.3) is 0 Å². The van der Waals surface area contributed by atoms with Gasteiger partial charge >= 0.3 is 11.9 Å². The van der Waals surface area contributed by atoms with E-state index in [2.05, 4.69) is 0 Å². The molecule has 0 amide bonds. The van der Waals surface area contributed by atoms with Crippen molar-refractivity contribution >= 4 is 23.5 Å². The first-order valence-corrected chi connectivity index (χ1v) is 8.17. The number of hydrogen-bond donors (Lipinski definition) is 0. The number of esters is 2. The van der Waals surface area contributed by atoms with Crippen LogP contribution >= 0.6 is 11.6 Å². The fraction of sp³-hybridized carbons (Fsp3) is 0.263. The molecule has 0 aliphatic rings. The number of ether oxygens (including phenoxy) is 2. The molecule has 126 valence electrons. The van der Waals surface area contributed by atoms with Crippen LogP contribution < -0.4 is 0 Å². The topological polar surface area (TPSA) is 52.6 Å². The lowest BCUT2D eigenvalue weighted by atomic mass is 10.1. The Bertz CT molecular complexity index is 695. The van der Waals surface area contributed by atoms with Gasteiger partial charge in [-0.2, -0.15) is 0 Å². The van der Waals surface area contributed by atoms with Gasteiger partial charge in [-0.25, -0.2) is 9.59 Å². The molecule has 0 aliphatic heterocycles. The maximum atomic E-state index is 12.2. The van der Waals surface area contributed by atoms with Crippen LogP contribution in [0.5, 0.6) is 0 Å². The highest BCUT2D eigenvalue weighted by molar-refractivity contribution is 6.30. The summed E-state index contributed by atoms with van der Waals surface area (Å²) < 4.78 is 10.4. The normalized spacial score (nSPS) is 10.2. The van der Waals surface area contributed by atoms with Gasteiger partial charge < -0.3 is 9.47 Å². The van der Waals surface area contributed by atoms with Crippen LogP contribution in [0.3, 0.4) is 0 Å². The molecule has 0 bridgehead atoms. The third-order valence-electron chi connectivity index (χ3n) is 3.34. The molecule has 2 aromatic rings. The molecule has 4 nitrogen and oxygen atoms in total. The first kappa shape index (κ1) is 18.0. The summed E-state index contributed by atoms with van der Waals surface area (Å²) >= 11 is 5.83. The second-order valence-electron chi connectivity index (χ2n) is 5.19. The molecular formula is C19H19ClO4. The first-order valence-electron chi connectivity index (χ1n) is 7.79. The molecule has 24 heavy (non-hydrogen) atoms. The Labute approximate surface area is 146 Å².